The van der Waals surface area contributed by atoms with Gasteiger partial charge in [0.2, 0.25) is 0 Å². The molecule has 0 aliphatic heterocycles. The first-order valence-electron chi connectivity index (χ1n) is 10.8. The number of hydrogen-bond donors (Lipinski definition) is 1. The molecule has 0 amide bonds. The van der Waals surface area contributed by atoms with Crippen LogP contribution in [0.15, 0.2) is 61.2 Å². The van der Waals surface area contributed by atoms with Crippen molar-refractivity contribution in [3.8, 4) is 5.75 Å². The second-order valence-electron chi connectivity index (χ2n) is 7.07. The molecule has 162 valence electrons. The lowest BCUT2D eigenvalue weighted by Gasteiger charge is -2.14. The van der Waals surface area contributed by atoms with Gasteiger partial charge in [0.15, 0.2) is 0 Å². The van der Waals surface area contributed by atoms with Gasteiger partial charge in [-0.15, -0.1) is 0 Å². The summed E-state index contributed by atoms with van der Waals surface area (Å²) in [6, 6.07) is 14.4. The number of rotatable bonds is 14. The fourth-order valence-electron chi connectivity index (χ4n) is 2.89. The first kappa shape index (κ1) is 23.7. The van der Waals surface area contributed by atoms with Crippen LogP contribution < -0.4 is 10.1 Å². The van der Waals surface area contributed by atoms with Crippen LogP contribution in [0.1, 0.15) is 37.8 Å². The fourth-order valence-corrected chi connectivity index (χ4v) is 2.89. The Bertz CT molecular complexity index is 796. The fraction of sp³-hybridized carbons (Fsp3) is 0.385. The molecule has 30 heavy (non-hydrogen) atoms. The van der Waals surface area contributed by atoms with Crippen LogP contribution in [0.5, 0.6) is 5.75 Å². The molecule has 0 unspecified atom stereocenters. The number of unbranched alkanes of at least 4 members (excludes halogenated alkanes) is 1. The standard InChI is InChI=1S/C26H35NO3/c1-5-7-8-9-22(4)25-20-21(3)10-15-26(25)27-23-11-13-24(14-12-23)30-19-18-29-17-16-28-6-2/h8-15,20,27H,4-7,16-19H2,1-3H3/b9-8-. The second-order valence-corrected chi connectivity index (χ2v) is 7.07. The lowest BCUT2D eigenvalue weighted by atomic mass is 10.0. The first-order chi connectivity index (χ1) is 14.6. The van der Waals surface area contributed by atoms with Gasteiger partial charge in [0.05, 0.1) is 19.8 Å². The zero-order chi connectivity index (χ0) is 21.6. The SMILES string of the molecule is C=C(/C=C\CCC)c1cc(C)ccc1Nc1ccc(OCCOCCOCC)cc1. The van der Waals surface area contributed by atoms with Gasteiger partial charge in [-0.3, -0.25) is 0 Å². The van der Waals surface area contributed by atoms with Crippen LogP contribution in [0.4, 0.5) is 11.4 Å². The number of benzene rings is 2. The summed E-state index contributed by atoms with van der Waals surface area (Å²) in [6.07, 6.45) is 6.49. The zero-order valence-electron chi connectivity index (χ0n) is 18.6. The number of anilines is 2. The Morgan fingerprint density at radius 3 is 2.43 bits per heavy atom. The Morgan fingerprint density at radius 2 is 1.70 bits per heavy atom. The molecule has 0 spiro atoms. The second kappa shape index (κ2) is 13.6. The number of nitrogens with one attached hydrogen (secondary N) is 1. The van der Waals surface area contributed by atoms with E-state index in [0.717, 1.165) is 41.1 Å². The predicted molar refractivity (Wildman–Crippen MR) is 127 cm³/mol. The van der Waals surface area contributed by atoms with E-state index in [2.05, 4.69) is 56.1 Å². The average molecular weight is 410 g/mol. The summed E-state index contributed by atoms with van der Waals surface area (Å²) < 4.78 is 16.4. The minimum atomic E-state index is 0.519. The van der Waals surface area contributed by atoms with Crippen LogP contribution in [0.2, 0.25) is 0 Å². The van der Waals surface area contributed by atoms with Gasteiger partial charge < -0.3 is 19.5 Å². The highest BCUT2D eigenvalue weighted by Crippen LogP contribution is 2.29. The number of aryl methyl sites for hydroxylation is 1. The van der Waals surface area contributed by atoms with Crippen LogP contribution >= 0.6 is 0 Å². The smallest absolute Gasteiger partial charge is 0.119 e. The summed E-state index contributed by atoms with van der Waals surface area (Å²) in [7, 11) is 0. The molecule has 2 rings (SSSR count). The molecule has 2 aromatic rings. The van der Waals surface area contributed by atoms with Gasteiger partial charge in [-0.25, -0.2) is 0 Å². The maximum absolute atomic E-state index is 5.73. The zero-order valence-corrected chi connectivity index (χ0v) is 18.6. The maximum atomic E-state index is 5.73. The van der Waals surface area contributed by atoms with E-state index < -0.39 is 0 Å². The largest absolute Gasteiger partial charge is 0.491 e. The summed E-state index contributed by atoms with van der Waals surface area (Å²) in [5.41, 5.74) is 5.40. The maximum Gasteiger partial charge on any atom is 0.119 e. The molecule has 0 aromatic heterocycles. The molecule has 0 radical (unpaired) electrons. The van der Waals surface area contributed by atoms with Crippen molar-refractivity contribution in [2.45, 2.75) is 33.6 Å². The molecule has 0 bridgehead atoms. The number of allylic oxidation sites excluding steroid dienone is 3. The minimum Gasteiger partial charge on any atom is -0.491 e. The van der Waals surface area contributed by atoms with Crippen molar-refractivity contribution in [2.75, 3.05) is 38.4 Å². The number of ether oxygens (including phenoxy) is 3. The Hall–Kier alpha value is -2.56. The molecule has 0 heterocycles. The minimum absolute atomic E-state index is 0.519. The van der Waals surface area contributed by atoms with E-state index in [1.54, 1.807) is 0 Å². The van der Waals surface area contributed by atoms with Crippen molar-refractivity contribution in [3.05, 3.63) is 72.3 Å². The van der Waals surface area contributed by atoms with E-state index in [1.807, 2.05) is 31.2 Å². The van der Waals surface area contributed by atoms with Crippen molar-refractivity contribution in [2.24, 2.45) is 0 Å². The summed E-state index contributed by atoms with van der Waals surface area (Å²) >= 11 is 0. The topological polar surface area (TPSA) is 39.7 Å². The Morgan fingerprint density at radius 1 is 0.967 bits per heavy atom. The highest BCUT2D eigenvalue weighted by Gasteiger charge is 2.06. The molecule has 0 atom stereocenters. The summed E-state index contributed by atoms with van der Waals surface area (Å²) in [6.45, 7) is 13.5. The van der Waals surface area contributed by atoms with Crippen LogP contribution in [0.25, 0.3) is 5.57 Å². The molecule has 4 nitrogen and oxygen atoms in total. The predicted octanol–water partition coefficient (Wildman–Crippen LogP) is 6.54. The van der Waals surface area contributed by atoms with E-state index in [-0.39, 0.29) is 0 Å². The lowest BCUT2D eigenvalue weighted by molar-refractivity contribution is 0.0405. The van der Waals surface area contributed by atoms with Gasteiger partial charge in [0.1, 0.15) is 12.4 Å². The number of hydrogen-bond acceptors (Lipinski definition) is 4. The van der Waals surface area contributed by atoms with E-state index in [4.69, 9.17) is 14.2 Å². The van der Waals surface area contributed by atoms with Gasteiger partial charge >= 0.3 is 0 Å². The van der Waals surface area contributed by atoms with E-state index >= 15 is 0 Å². The third-order valence-electron chi connectivity index (χ3n) is 4.50. The molecular weight excluding hydrogens is 374 g/mol. The Balaban J connectivity index is 1.91. The molecule has 0 aliphatic carbocycles. The van der Waals surface area contributed by atoms with Crippen molar-refractivity contribution in [1.82, 2.24) is 0 Å². The molecule has 1 N–H and O–H groups in total. The van der Waals surface area contributed by atoms with Crippen LogP contribution in [-0.4, -0.2) is 33.0 Å². The van der Waals surface area contributed by atoms with Crippen molar-refractivity contribution >= 4 is 16.9 Å². The molecule has 0 aliphatic rings. The van der Waals surface area contributed by atoms with Gasteiger partial charge in [-0.05, 0) is 62.2 Å². The van der Waals surface area contributed by atoms with Crippen molar-refractivity contribution in [3.63, 3.8) is 0 Å². The molecular formula is C26H35NO3. The molecule has 4 heteroatoms. The summed E-state index contributed by atoms with van der Waals surface area (Å²) in [5.74, 6) is 0.824. The third-order valence-corrected chi connectivity index (χ3v) is 4.50. The van der Waals surface area contributed by atoms with Gasteiger partial charge in [-0.1, -0.05) is 43.7 Å². The first-order valence-corrected chi connectivity index (χ1v) is 10.8. The van der Waals surface area contributed by atoms with E-state index in [9.17, 15) is 0 Å². The molecule has 0 saturated carbocycles. The van der Waals surface area contributed by atoms with E-state index in [1.165, 1.54) is 5.56 Å². The normalized spacial score (nSPS) is 11.0. The third kappa shape index (κ3) is 8.44. The van der Waals surface area contributed by atoms with Crippen LogP contribution in [0.3, 0.4) is 0 Å². The van der Waals surface area contributed by atoms with Gasteiger partial charge in [0.25, 0.3) is 0 Å². The summed E-state index contributed by atoms with van der Waals surface area (Å²) in [5, 5.41) is 3.51. The molecule has 0 saturated heterocycles. The average Bonchev–Trinajstić information content (AvgIpc) is 2.75. The highest BCUT2D eigenvalue weighted by atomic mass is 16.5. The van der Waals surface area contributed by atoms with Gasteiger partial charge in [-0.2, -0.15) is 0 Å². The monoisotopic (exact) mass is 409 g/mol. The molecule has 2 aromatic carbocycles. The Labute approximate surface area is 181 Å². The Kier molecular flexibility index (Phi) is 10.8. The lowest BCUT2D eigenvalue weighted by Crippen LogP contribution is -2.10. The van der Waals surface area contributed by atoms with Crippen molar-refractivity contribution < 1.29 is 14.2 Å². The van der Waals surface area contributed by atoms with Crippen molar-refractivity contribution in [1.29, 1.82) is 0 Å². The van der Waals surface area contributed by atoms with Crippen LogP contribution in [-0.2, 0) is 9.47 Å². The van der Waals surface area contributed by atoms with Gasteiger partial charge in [0, 0.05) is 23.5 Å². The van der Waals surface area contributed by atoms with Crippen LogP contribution in [0, 0.1) is 6.92 Å². The highest BCUT2D eigenvalue weighted by molar-refractivity contribution is 5.83. The summed E-state index contributed by atoms with van der Waals surface area (Å²) in [4.78, 5) is 0. The quantitative estimate of drug-likeness (QED) is 0.284. The molecule has 0 fully saturated rings. The van der Waals surface area contributed by atoms with E-state index in [0.29, 0.717) is 33.0 Å².